The number of alkyl halides is 3. The van der Waals surface area contributed by atoms with E-state index >= 15 is 0 Å². The summed E-state index contributed by atoms with van der Waals surface area (Å²) >= 11 is 0. The van der Waals surface area contributed by atoms with Gasteiger partial charge in [-0.1, -0.05) is 32.0 Å². The van der Waals surface area contributed by atoms with Gasteiger partial charge in [-0.25, -0.2) is 4.98 Å². The van der Waals surface area contributed by atoms with E-state index in [0.717, 1.165) is 0 Å². The molecule has 2 aromatic carbocycles. The summed E-state index contributed by atoms with van der Waals surface area (Å²) in [5.41, 5.74) is 2.68. The van der Waals surface area contributed by atoms with Gasteiger partial charge in [0, 0.05) is 12.5 Å². The van der Waals surface area contributed by atoms with Crippen LogP contribution in [0.1, 0.15) is 25.5 Å². The molecule has 8 heteroatoms. The molecule has 0 aliphatic carbocycles. The van der Waals surface area contributed by atoms with Gasteiger partial charge in [-0.3, -0.25) is 4.79 Å². The summed E-state index contributed by atoms with van der Waals surface area (Å²) in [7, 11) is 0. The predicted octanol–water partition coefficient (Wildman–Crippen LogP) is 4.08. The molecule has 0 saturated carbocycles. The van der Waals surface area contributed by atoms with Crippen LogP contribution in [-0.4, -0.2) is 27.6 Å². The number of aromatic nitrogens is 2. The fraction of sp³-hybridized carbons (Fsp3) is 0.300. The van der Waals surface area contributed by atoms with Crippen molar-refractivity contribution in [3.05, 3.63) is 58.5 Å². The van der Waals surface area contributed by atoms with Crippen LogP contribution in [0.25, 0.3) is 22.2 Å². The molecule has 1 aromatic heterocycles. The topological polar surface area (TPSA) is 64.3 Å². The summed E-state index contributed by atoms with van der Waals surface area (Å²) in [6, 6.07) is 10.8. The van der Waals surface area contributed by atoms with Gasteiger partial charge >= 0.3 is 6.36 Å². The van der Waals surface area contributed by atoms with Crippen molar-refractivity contribution >= 4 is 11.0 Å². The Hall–Kier alpha value is -2.87. The van der Waals surface area contributed by atoms with Crippen molar-refractivity contribution in [1.29, 1.82) is 0 Å². The highest BCUT2D eigenvalue weighted by Gasteiger charge is 2.31. The van der Waals surface area contributed by atoms with E-state index in [0.29, 0.717) is 27.9 Å². The van der Waals surface area contributed by atoms with E-state index in [9.17, 15) is 23.1 Å². The van der Waals surface area contributed by atoms with Crippen molar-refractivity contribution in [1.82, 2.24) is 9.55 Å². The number of ether oxygens (including phenoxy) is 1. The second kappa shape index (κ2) is 7.63. The maximum atomic E-state index is 12.7. The molecule has 0 aliphatic rings. The van der Waals surface area contributed by atoms with Crippen molar-refractivity contribution in [3.8, 4) is 16.9 Å². The fourth-order valence-corrected chi connectivity index (χ4v) is 2.99. The normalized spacial score (nSPS) is 12.0. The van der Waals surface area contributed by atoms with E-state index in [1.807, 2.05) is 13.8 Å². The summed E-state index contributed by atoms with van der Waals surface area (Å²) in [6.07, 6.45) is -4.75. The molecule has 148 valence electrons. The second-order valence-electron chi connectivity index (χ2n) is 6.61. The van der Waals surface area contributed by atoms with E-state index in [-0.39, 0.29) is 30.4 Å². The van der Waals surface area contributed by atoms with E-state index < -0.39 is 6.36 Å². The lowest BCUT2D eigenvalue weighted by molar-refractivity contribution is -0.274. The second-order valence-corrected chi connectivity index (χ2v) is 6.61. The molecule has 0 atom stereocenters. The molecule has 0 fully saturated rings. The van der Waals surface area contributed by atoms with Crippen LogP contribution in [0, 0.1) is 0 Å². The van der Waals surface area contributed by atoms with Crippen molar-refractivity contribution in [2.24, 2.45) is 0 Å². The number of aliphatic hydroxyl groups excluding tert-OH is 1. The number of nitrogens with zero attached hydrogens (tertiary/aromatic N) is 2. The minimum atomic E-state index is -4.75. The van der Waals surface area contributed by atoms with E-state index in [2.05, 4.69) is 9.72 Å². The van der Waals surface area contributed by atoms with Crippen LogP contribution < -0.4 is 10.3 Å². The lowest BCUT2D eigenvalue weighted by Gasteiger charge is -2.14. The molecular weight excluding hydrogens is 373 g/mol. The Morgan fingerprint density at radius 3 is 2.32 bits per heavy atom. The maximum Gasteiger partial charge on any atom is 0.573 e. The Labute approximate surface area is 159 Å². The lowest BCUT2D eigenvalue weighted by atomic mass is 10.0. The zero-order valence-corrected chi connectivity index (χ0v) is 15.3. The van der Waals surface area contributed by atoms with Gasteiger partial charge in [-0.15, -0.1) is 13.2 Å². The molecule has 3 rings (SSSR count). The molecule has 1 heterocycles. The third-order valence-corrected chi connectivity index (χ3v) is 4.26. The van der Waals surface area contributed by atoms with E-state index in [4.69, 9.17) is 0 Å². The average molecular weight is 392 g/mol. The molecule has 3 aromatic rings. The Morgan fingerprint density at radius 2 is 1.75 bits per heavy atom. The van der Waals surface area contributed by atoms with Crippen LogP contribution in [0.15, 0.2) is 47.3 Å². The van der Waals surface area contributed by atoms with Crippen LogP contribution in [-0.2, 0) is 6.54 Å². The minimum Gasteiger partial charge on any atom is -0.406 e. The van der Waals surface area contributed by atoms with Crippen LogP contribution in [0.3, 0.4) is 0 Å². The lowest BCUT2D eigenvalue weighted by Crippen LogP contribution is -2.27. The SMILES string of the molecule is CC(C)c1nc2ccc(-c3ccc(OC(F)(F)F)cc3)cc2n(CCO)c1=O. The molecule has 0 spiro atoms. The first-order valence-electron chi connectivity index (χ1n) is 8.71. The van der Waals surface area contributed by atoms with Gasteiger partial charge in [-0.2, -0.15) is 0 Å². The van der Waals surface area contributed by atoms with Crippen LogP contribution >= 0.6 is 0 Å². The predicted molar refractivity (Wildman–Crippen MR) is 99.3 cm³/mol. The molecule has 0 amide bonds. The molecule has 0 unspecified atom stereocenters. The zero-order chi connectivity index (χ0) is 20.5. The number of hydrogen-bond acceptors (Lipinski definition) is 4. The summed E-state index contributed by atoms with van der Waals surface area (Å²) in [6.45, 7) is 3.67. The highest BCUT2D eigenvalue weighted by Crippen LogP contribution is 2.28. The number of benzene rings is 2. The first-order chi connectivity index (χ1) is 13.2. The molecule has 0 bridgehead atoms. The van der Waals surface area contributed by atoms with Gasteiger partial charge in [0.1, 0.15) is 11.4 Å². The molecular formula is C20H19F3N2O3. The highest BCUT2D eigenvalue weighted by atomic mass is 19.4. The Balaban J connectivity index is 2.07. The average Bonchev–Trinajstić information content (AvgIpc) is 2.62. The van der Waals surface area contributed by atoms with E-state index in [1.54, 1.807) is 18.2 Å². The number of halogens is 3. The monoisotopic (exact) mass is 392 g/mol. The van der Waals surface area contributed by atoms with Gasteiger partial charge in [0.05, 0.1) is 17.6 Å². The third-order valence-electron chi connectivity index (χ3n) is 4.26. The van der Waals surface area contributed by atoms with E-state index in [1.165, 1.54) is 28.8 Å². The van der Waals surface area contributed by atoms with Crippen molar-refractivity contribution in [3.63, 3.8) is 0 Å². The Kier molecular flexibility index (Phi) is 5.42. The smallest absolute Gasteiger partial charge is 0.406 e. The van der Waals surface area contributed by atoms with Gasteiger partial charge < -0.3 is 14.4 Å². The summed E-state index contributed by atoms with van der Waals surface area (Å²) in [5, 5.41) is 9.36. The highest BCUT2D eigenvalue weighted by molar-refractivity contribution is 5.82. The largest absolute Gasteiger partial charge is 0.573 e. The third kappa shape index (κ3) is 4.17. The van der Waals surface area contributed by atoms with Crippen LogP contribution in [0.4, 0.5) is 13.2 Å². The quantitative estimate of drug-likeness (QED) is 0.711. The molecule has 28 heavy (non-hydrogen) atoms. The number of rotatable bonds is 5. The minimum absolute atomic E-state index is 0.0669. The molecule has 0 saturated heterocycles. The van der Waals surface area contributed by atoms with Crippen LogP contribution in [0.2, 0.25) is 0 Å². The first kappa shape index (κ1) is 19.9. The van der Waals surface area contributed by atoms with Crippen molar-refractivity contribution in [2.45, 2.75) is 32.7 Å². The number of fused-ring (bicyclic) bond motifs is 1. The Morgan fingerprint density at radius 1 is 1.11 bits per heavy atom. The van der Waals surface area contributed by atoms with Gasteiger partial charge in [0.15, 0.2) is 0 Å². The van der Waals surface area contributed by atoms with Crippen molar-refractivity contribution < 1.29 is 23.0 Å². The van der Waals surface area contributed by atoms with Gasteiger partial charge in [-0.05, 0) is 35.4 Å². The summed E-state index contributed by atoms with van der Waals surface area (Å²) in [5.74, 6) is -0.375. The molecule has 1 N–H and O–H groups in total. The van der Waals surface area contributed by atoms with Gasteiger partial charge in [0.25, 0.3) is 5.56 Å². The molecule has 0 aliphatic heterocycles. The number of aliphatic hydroxyl groups is 1. The maximum absolute atomic E-state index is 12.7. The summed E-state index contributed by atoms with van der Waals surface area (Å²) < 4.78 is 42.3. The fourth-order valence-electron chi connectivity index (χ4n) is 2.99. The first-order valence-corrected chi connectivity index (χ1v) is 8.71. The summed E-state index contributed by atoms with van der Waals surface area (Å²) in [4.78, 5) is 17.2. The van der Waals surface area contributed by atoms with Gasteiger partial charge in [0.2, 0.25) is 0 Å². The van der Waals surface area contributed by atoms with Crippen LogP contribution in [0.5, 0.6) is 5.75 Å². The van der Waals surface area contributed by atoms with Crippen molar-refractivity contribution in [2.75, 3.05) is 6.61 Å². The standard InChI is InChI=1S/C20H19F3N2O3/c1-12(2)18-19(27)25(9-10-26)17-11-14(5-8-16(17)24-18)13-3-6-15(7-4-13)28-20(21,22)23/h3-8,11-12,26H,9-10H2,1-2H3. The Bertz CT molecular complexity index is 1040. The molecule has 0 radical (unpaired) electrons. The molecule has 5 nitrogen and oxygen atoms in total. The zero-order valence-electron chi connectivity index (χ0n) is 15.3. The number of hydrogen-bond donors (Lipinski definition) is 1.